The molecule has 0 saturated carbocycles. The van der Waals surface area contributed by atoms with Crippen LogP contribution in [0.4, 0.5) is 11.4 Å². The fourth-order valence-corrected chi connectivity index (χ4v) is 3.01. The zero-order chi connectivity index (χ0) is 21.1. The van der Waals surface area contributed by atoms with E-state index in [0.29, 0.717) is 22.9 Å². The zero-order valence-electron chi connectivity index (χ0n) is 15.7. The lowest BCUT2D eigenvalue weighted by atomic mass is 10.2. The maximum atomic E-state index is 11.7. The molecule has 0 fully saturated rings. The van der Waals surface area contributed by atoms with Gasteiger partial charge in [0.1, 0.15) is 24.7 Å². The van der Waals surface area contributed by atoms with Crippen molar-refractivity contribution >= 4 is 35.0 Å². The van der Waals surface area contributed by atoms with Gasteiger partial charge < -0.3 is 9.47 Å². The van der Waals surface area contributed by atoms with Crippen molar-refractivity contribution < 1.29 is 28.7 Å². The summed E-state index contributed by atoms with van der Waals surface area (Å²) in [5.41, 5.74) is 0.952. The van der Waals surface area contributed by atoms with Crippen LogP contribution in [0.25, 0.3) is 0 Å². The van der Waals surface area contributed by atoms with Gasteiger partial charge in [-0.25, -0.2) is 9.80 Å². The first-order chi connectivity index (χ1) is 14.5. The van der Waals surface area contributed by atoms with Crippen molar-refractivity contribution in [3.63, 3.8) is 0 Å². The van der Waals surface area contributed by atoms with E-state index in [1.807, 2.05) is 0 Å². The van der Waals surface area contributed by atoms with Crippen molar-refractivity contribution in [1.82, 2.24) is 0 Å². The maximum Gasteiger partial charge on any atom is 0.258 e. The third kappa shape index (κ3) is 3.83. The Morgan fingerprint density at radius 1 is 0.500 bits per heavy atom. The number of amides is 4. The van der Waals surface area contributed by atoms with Crippen molar-refractivity contribution in [1.29, 1.82) is 0 Å². The Morgan fingerprint density at radius 2 is 0.800 bits per heavy atom. The number of rotatable bonds is 7. The van der Waals surface area contributed by atoms with E-state index in [9.17, 15) is 19.2 Å². The Bertz CT molecular complexity index is 946. The molecule has 30 heavy (non-hydrogen) atoms. The van der Waals surface area contributed by atoms with E-state index in [1.165, 1.54) is 24.3 Å². The summed E-state index contributed by atoms with van der Waals surface area (Å²) in [5, 5.41) is 0. The minimum atomic E-state index is -0.372. The Hall–Kier alpha value is -4.20. The van der Waals surface area contributed by atoms with E-state index < -0.39 is 0 Å². The predicted molar refractivity (Wildman–Crippen MR) is 107 cm³/mol. The van der Waals surface area contributed by atoms with Gasteiger partial charge in [-0.05, 0) is 48.5 Å². The van der Waals surface area contributed by atoms with Crippen molar-refractivity contribution in [2.45, 2.75) is 0 Å². The number of hydrogen-bond acceptors (Lipinski definition) is 6. The normalized spacial score (nSPS) is 15.5. The summed E-state index contributed by atoms with van der Waals surface area (Å²) in [5.74, 6) is -0.345. The van der Waals surface area contributed by atoms with Gasteiger partial charge in [0.05, 0.1) is 11.4 Å². The molecule has 0 saturated heterocycles. The second-order valence-electron chi connectivity index (χ2n) is 6.38. The number of carbonyl (C=O) groups is 4. The lowest BCUT2D eigenvalue weighted by Gasteiger charge is -2.15. The van der Waals surface area contributed by atoms with Crippen LogP contribution < -0.4 is 19.3 Å². The molecule has 0 unspecified atom stereocenters. The molecule has 2 aromatic carbocycles. The molecule has 2 heterocycles. The van der Waals surface area contributed by atoms with E-state index >= 15 is 0 Å². The summed E-state index contributed by atoms with van der Waals surface area (Å²) in [7, 11) is 0. The molecule has 0 aliphatic carbocycles. The smallest absolute Gasteiger partial charge is 0.258 e. The third-order valence-corrected chi connectivity index (χ3v) is 4.43. The predicted octanol–water partition coefficient (Wildman–Crippen LogP) is 2.00. The minimum Gasteiger partial charge on any atom is -0.490 e. The molecular formula is C22H16N2O6. The van der Waals surface area contributed by atoms with E-state index in [0.717, 1.165) is 9.80 Å². The van der Waals surface area contributed by atoms with E-state index in [-0.39, 0.29) is 36.8 Å². The van der Waals surface area contributed by atoms with Crippen molar-refractivity contribution in [3.05, 3.63) is 72.8 Å². The SMILES string of the molecule is O=C1C=CC(=O)N1c1ccc(OCCOc2ccc(N3C(=O)C=CC3=O)cc2)cc1. The number of nitrogens with zero attached hydrogens (tertiary/aromatic N) is 2. The first-order valence-corrected chi connectivity index (χ1v) is 9.11. The second kappa shape index (κ2) is 8.04. The van der Waals surface area contributed by atoms with Gasteiger partial charge in [0, 0.05) is 24.3 Å². The van der Waals surface area contributed by atoms with Crippen molar-refractivity contribution in [3.8, 4) is 11.5 Å². The van der Waals surface area contributed by atoms with Gasteiger partial charge in [0.2, 0.25) is 0 Å². The molecule has 0 spiro atoms. The number of imide groups is 2. The summed E-state index contributed by atoms with van der Waals surface area (Å²) < 4.78 is 11.2. The van der Waals surface area contributed by atoms with Crippen molar-refractivity contribution in [2.24, 2.45) is 0 Å². The number of benzene rings is 2. The summed E-state index contributed by atoms with van der Waals surface area (Å²) >= 11 is 0. The van der Waals surface area contributed by atoms with Crippen LogP contribution in [0.2, 0.25) is 0 Å². The fourth-order valence-electron chi connectivity index (χ4n) is 3.01. The van der Waals surface area contributed by atoms with Gasteiger partial charge >= 0.3 is 0 Å². The molecule has 0 radical (unpaired) electrons. The summed E-state index contributed by atoms with van der Waals surface area (Å²) in [4.78, 5) is 48.9. The van der Waals surface area contributed by atoms with Crippen LogP contribution in [0, 0.1) is 0 Å². The van der Waals surface area contributed by atoms with E-state index in [4.69, 9.17) is 9.47 Å². The van der Waals surface area contributed by atoms with Gasteiger partial charge in [-0.3, -0.25) is 19.2 Å². The molecule has 4 amide bonds. The lowest BCUT2D eigenvalue weighted by Crippen LogP contribution is -2.29. The molecule has 8 nitrogen and oxygen atoms in total. The van der Waals surface area contributed by atoms with Gasteiger partial charge in [-0.15, -0.1) is 0 Å². The zero-order valence-corrected chi connectivity index (χ0v) is 15.7. The lowest BCUT2D eigenvalue weighted by molar-refractivity contribution is -0.121. The molecule has 0 bridgehead atoms. The monoisotopic (exact) mass is 404 g/mol. The number of hydrogen-bond donors (Lipinski definition) is 0. The first-order valence-electron chi connectivity index (χ1n) is 9.11. The summed E-state index contributed by atoms with van der Waals surface area (Å²) in [6.45, 7) is 0.550. The highest BCUT2D eigenvalue weighted by atomic mass is 16.5. The Morgan fingerprint density at radius 3 is 1.10 bits per heavy atom. The Kier molecular flexibility index (Phi) is 5.13. The standard InChI is InChI=1S/C22H16N2O6/c25-19-9-10-20(26)23(19)15-1-5-17(6-2-15)29-13-14-30-18-7-3-16(4-8-18)24-21(27)11-12-22(24)28/h1-12H,13-14H2. The van der Waals surface area contributed by atoms with Crippen LogP contribution in [0.3, 0.4) is 0 Å². The molecule has 0 atom stereocenters. The highest BCUT2D eigenvalue weighted by molar-refractivity contribution is 6.28. The third-order valence-electron chi connectivity index (χ3n) is 4.43. The largest absolute Gasteiger partial charge is 0.490 e. The van der Waals surface area contributed by atoms with Crippen molar-refractivity contribution in [2.75, 3.05) is 23.0 Å². The van der Waals surface area contributed by atoms with Gasteiger partial charge in [0.25, 0.3) is 23.6 Å². The van der Waals surface area contributed by atoms with Crippen LogP contribution in [0.15, 0.2) is 72.8 Å². The molecule has 150 valence electrons. The summed E-state index contributed by atoms with van der Waals surface area (Å²) in [6.07, 6.45) is 4.92. The topological polar surface area (TPSA) is 93.2 Å². The van der Waals surface area contributed by atoms with Crippen LogP contribution in [-0.2, 0) is 19.2 Å². The number of carbonyl (C=O) groups excluding carboxylic acids is 4. The molecular weight excluding hydrogens is 388 g/mol. The number of anilines is 2. The molecule has 0 N–H and O–H groups in total. The first kappa shape index (κ1) is 19.1. The molecule has 8 heteroatoms. The molecule has 2 aromatic rings. The molecule has 2 aliphatic heterocycles. The highest BCUT2D eigenvalue weighted by Gasteiger charge is 2.25. The van der Waals surface area contributed by atoms with Gasteiger partial charge in [-0.2, -0.15) is 0 Å². The molecule has 4 rings (SSSR count). The quantitative estimate of drug-likeness (QED) is 0.518. The average molecular weight is 404 g/mol. The average Bonchev–Trinajstić information content (AvgIpc) is 3.27. The second-order valence-corrected chi connectivity index (χ2v) is 6.38. The van der Waals surface area contributed by atoms with Crippen LogP contribution in [0.1, 0.15) is 0 Å². The van der Waals surface area contributed by atoms with Gasteiger partial charge in [-0.1, -0.05) is 0 Å². The van der Waals surface area contributed by atoms with Gasteiger partial charge in [0.15, 0.2) is 0 Å². The van der Waals surface area contributed by atoms with Crippen LogP contribution >= 0.6 is 0 Å². The highest BCUT2D eigenvalue weighted by Crippen LogP contribution is 2.24. The Labute approximate surface area is 171 Å². The Balaban J connectivity index is 1.25. The maximum absolute atomic E-state index is 11.7. The van der Waals surface area contributed by atoms with E-state index in [1.54, 1.807) is 48.5 Å². The molecule has 2 aliphatic rings. The summed E-state index contributed by atoms with van der Waals surface area (Å²) in [6, 6.07) is 13.2. The fraction of sp³-hybridized carbons (Fsp3) is 0.0909. The number of ether oxygens (including phenoxy) is 2. The molecule has 0 aromatic heterocycles. The van der Waals surface area contributed by atoms with Crippen LogP contribution in [-0.4, -0.2) is 36.8 Å². The van der Waals surface area contributed by atoms with E-state index in [2.05, 4.69) is 0 Å². The van der Waals surface area contributed by atoms with Crippen LogP contribution in [0.5, 0.6) is 11.5 Å². The minimum absolute atomic E-state index is 0.275.